The fraction of sp³-hybridized carbons (Fsp3) is 0.333. The Morgan fingerprint density at radius 1 is 0.667 bits per heavy atom. The molecule has 6 heteroatoms. The highest BCUT2D eigenvalue weighted by Gasteiger charge is 2.57. The van der Waals surface area contributed by atoms with E-state index in [0.29, 0.717) is 0 Å². The van der Waals surface area contributed by atoms with E-state index in [2.05, 4.69) is 26.0 Å². The number of rotatable bonds is 2. The number of alkyl halides is 6. The molecule has 30 heavy (non-hydrogen) atoms. The smallest absolute Gasteiger partial charge is 0.166 e. The van der Waals surface area contributed by atoms with Gasteiger partial charge >= 0.3 is 12.4 Å². The van der Waals surface area contributed by atoms with Crippen LogP contribution in [-0.2, 0) is 12.4 Å². The molecule has 0 aliphatic heterocycles. The summed E-state index contributed by atoms with van der Waals surface area (Å²) in [6.07, 6.45) is -4.66. The van der Waals surface area contributed by atoms with Gasteiger partial charge in [-0.2, -0.15) is 26.3 Å². The lowest BCUT2D eigenvalue weighted by Crippen LogP contribution is -2.30. The quantitative estimate of drug-likeness (QED) is 0.432. The average Bonchev–Trinajstić information content (AvgIpc) is 2.98. The van der Waals surface area contributed by atoms with Crippen LogP contribution in [0.5, 0.6) is 0 Å². The van der Waals surface area contributed by atoms with Gasteiger partial charge in [0.25, 0.3) is 0 Å². The second kappa shape index (κ2) is 6.25. The van der Waals surface area contributed by atoms with Crippen molar-refractivity contribution in [2.75, 3.05) is 0 Å². The first-order valence-corrected chi connectivity index (χ1v) is 9.55. The van der Waals surface area contributed by atoms with E-state index in [-0.39, 0.29) is 11.3 Å². The third kappa shape index (κ3) is 2.99. The molecule has 0 amide bonds. The van der Waals surface area contributed by atoms with Gasteiger partial charge in [-0.05, 0) is 52.0 Å². The largest absolute Gasteiger partial charge is 0.416 e. The van der Waals surface area contributed by atoms with Crippen molar-refractivity contribution in [1.29, 1.82) is 0 Å². The van der Waals surface area contributed by atoms with Gasteiger partial charge in [-0.15, -0.1) is 0 Å². The first-order chi connectivity index (χ1) is 13.7. The molecular formula is C24H20F6. The zero-order chi connectivity index (χ0) is 22.1. The summed E-state index contributed by atoms with van der Waals surface area (Å²) in [5.41, 5.74) is 1.25. The van der Waals surface area contributed by atoms with Crippen LogP contribution in [0.25, 0.3) is 11.1 Å². The predicted octanol–water partition coefficient (Wildman–Crippen LogP) is 7.87. The molecule has 0 aromatic heterocycles. The lowest BCUT2D eigenvalue weighted by Gasteiger charge is -2.37. The number of hydrogen-bond donors (Lipinski definition) is 0. The number of hydrogen-bond acceptors (Lipinski definition) is 0. The highest BCUT2D eigenvalue weighted by atomic mass is 19.4. The van der Waals surface area contributed by atoms with Gasteiger partial charge < -0.3 is 0 Å². The lowest BCUT2D eigenvalue weighted by molar-refractivity contribution is -0.138. The zero-order valence-electron chi connectivity index (χ0n) is 16.6. The van der Waals surface area contributed by atoms with Gasteiger partial charge in [0.15, 0.2) is 0 Å². The third-order valence-electron chi connectivity index (χ3n) is 6.86. The van der Waals surface area contributed by atoms with Crippen LogP contribution in [0.1, 0.15) is 43.0 Å². The van der Waals surface area contributed by atoms with Crippen LogP contribution >= 0.6 is 0 Å². The molecule has 2 unspecified atom stereocenters. The Kier molecular flexibility index (Phi) is 4.33. The molecule has 0 radical (unpaired) electrons. The van der Waals surface area contributed by atoms with Crippen LogP contribution in [0.15, 0.2) is 60.7 Å². The summed E-state index contributed by atoms with van der Waals surface area (Å²) in [6.45, 7) is 6.20. The Labute approximate surface area is 170 Å². The van der Waals surface area contributed by atoms with Crippen LogP contribution in [0.3, 0.4) is 0 Å². The van der Waals surface area contributed by atoms with Crippen molar-refractivity contribution in [2.24, 2.45) is 16.7 Å². The first-order valence-electron chi connectivity index (χ1n) is 9.55. The molecule has 4 rings (SSSR count). The van der Waals surface area contributed by atoms with Gasteiger partial charge in [0.1, 0.15) is 0 Å². The van der Waals surface area contributed by atoms with E-state index in [4.69, 9.17) is 0 Å². The molecule has 0 saturated heterocycles. The van der Waals surface area contributed by atoms with E-state index in [1.54, 1.807) is 0 Å². The maximum absolute atomic E-state index is 12.9. The van der Waals surface area contributed by atoms with Gasteiger partial charge in [-0.3, -0.25) is 0 Å². The topological polar surface area (TPSA) is 0 Å². The SMILES string of the molecule is CC12C=C(c3ccc(C(F)(F)F)cc3)C(C=C1c1ccc(C(F)(F)F)cc1)C2(C)C. The summed E-state index contributed by atoms with van der Waals surface area (Å²) >= 11 is 0. The van der Waals surface area contributed by atoms with Crippen molar-refractivity contribution in [2.45, 2.75) is 33.1 Å². The van der Waals surface area contributed by atoms with E-state index in [0.717, 1.165) is 46.5 Å². The van der Waals surface area contributed by atoms with E-state index >= 15 is 0 Å². The molecule has 2 aromatic rings. The van der Waals surface area contributed by atoms with Gasteiger partial charge in [-0.25, -0.2) is 0 Å². The lowest BCUT2D eigenvalue weighted by atomic mass is 9.66. The molecule has 2 aliphatic carbocycles. The maximum Gasteiger partial charge on any atom is 0.416 e. The molecule has 0 N–H and O–H groups in total. The number of fused-ring (bicyclic) bond motifs is 2. The molecule has 2 bridgehead atoms. The minimum Gasteiger partial charge on any atom is -0.166 e. The summed E-state index contributed by atoms with van der Waals surface area (Å²) in [7, 11) is 0. The maximum atomic E-state index is 12.9. The predicted molar refractivity (Wildman–Crippen MR) is 104 cm³/mol. The molecular weight excluding hydrogens is 402 g/mol. The van der Waals surface area contributed by atoms with Crippen LogP contribution in [-0.4, -0.2) is 0 Å². The Bertz CT molecular complexity index is 1030. The molecule has 0 heterocycles. The normalized spacial score (nSPS) is 25.3. The van der Waals surface area contributed by atoms with Crippen molar-refractivity contribution in [3.63, 3.8) is 0 Å². The highest BCUT2D eigenvalue weighted by molar-refractivity contribution is 5.88. The molecule has 2 aliphatic rings. The number of allylic oxidation sites excluding steroid dienone is 4. The molecule has 0 fully saturated rings. The van der Waals surface area contributed by atoms with Crippen molar-refractivity contribution < 1.29 is 26.3 Å². The average molecular weight is 422 g/mol. The molecule has 0 spiro atoms. The second-order valence-corrected chi connectivity index (χ2v) is 8.73. The summed E-state index contributed by atoms with van der Waals surface area (Å²) in [6, 6.07) is 10.3. The van der Waals surface area contributed by atoms with Crippen molar-refractivity contribution >= 4 is 11.1 Å². The van der Waals surface area contributed by atoms with Crippen LogP contribution < -0.4 is 0 Å². The summed E-state index contributed by atoms with van der Waals surface area (Å²) in [4.78, 5) is 0. The zero-order valence-corrected chi connectivity index (χ0v) is 16.6. The van der Waals surface area contributed by atoms with E-state index in [1.165, 1.54) is 24.3 Å². The molecule has 2 aromatic carbocycles. The fourth-order valence-electron chi connectivity index (χ4n) is 4.71. The molecule has 2 atom stereocenters. The summed E-state index contributed by atoms with van der Waals surface area (Å²) in [5.74, 6) is -0.0449. The summed E-state index contributed by atoms with van der Waals surface area (Å²) in [5, 5.41) is 0. The molecule has 0 nitrogen and oxygen atoms in total. The molecule has 0 saturated carbocycles. The Hall–Kier alpha value is -2.50. The highest BCUT2D eigenvalue weighted by Crippen LogP contribution is 2.68. The first kappa shape index (κ1) is 20.8. The molecule has 158 valence electrons. The van der Waals surface area contributed by atoms with Crippen molar-refractivity contribution in [3.8, 4) is 0 Å². The Balaban J connectivity index is 1.70. The number of benzene rings is 2. The van der Waals surface area contributed by atoms with Crippen molar-refractivity contribution in [1.82, 2.24) is 0 Å². The van der Waals surface area contributed by atoms with E-state index < -0.39 is 28.9 Å². The third-order valence-corrected chi connectivity index (χ3v) is 6.86. The van der Waals surface area contributed by atoms with Crippen LogP contribution in [0.4, 0.5) is 26.3 Å². The fourth-order valence-corrected chi connectivity index (χ4v) is 4.71. The minimum atomic E-state index is -4.39. The van der Waals surface area contributed by atoms with Gasteiger partial charge in [0.05, 0.1) is 11.1 Å². The van der Waals surface area contributed by atoms with Gasteiger partial charge in [0.2, 0.25) is 0 Å². The van der Waals surface area contributed by atoms with E-state index in [9.17, 15) is 26.3 Å². The Morgan fingerprint density at radius 2 is 1.10 bits per heavy atom. The van der Waals surface area contributed by atoms with Gasteiger partial charge in [-0.1, -0.05) is 57.2 Å². The van der Waals surface area contributed by atoms with Gasteiger partial charge in [0, 0.05) is 11.3 Å². The second-order valence-electron chi connectivity index (χ2n) is 8.73. The Morgan fingerprint density at radius 3 is 1.47 bits per heavy atom. The monoisotopic (exact) mass is 422 g/mol. The van der Waals surface area contributed by atoms with Crippen molar-refractivity contribution in [3.05, 3.63) is 82.9 Å². The van der Waals surface area contributed by atoms with Crippen LogP contribution in [0, 0.1) is 16.7 Å². The van der Waals surface area contributed by atoms with Crippen LogP contribution in [0.2, 0.25) is 0 Å². The minimum absolute atomic E-state index is 0.0449. The standard InChI is InChI=1S/C24H20F6/c1-21(2)20-12-19(15-6-10-17(11-7-15)24(28,29)30)22(21,3)13-18(20)14-4-8-16(9-5-14)23(25,26)27/h4-13,20H,1-3H3. The number of halogens is 6. The summed E-state index contributed by atoms with van der Waals surface area (Å²) < 4.78 is 77.3. The van der Waals surface area contributed by atoms with E-state index in [1.807, 2.05) is 6.92 Å².